The zero-order valence-electron chi connectivity index (χ0n) is 15.4. The zero-order chi connectivity index (χ0) is 18.6. The van der Waals surface area contributed by atoms with Gasteiger partial charge in [-0.2, -0.15) is 5.10 Å². The highest BCUT2D eigenvalue weighted by atomic mass is 16.5. The van der Waals surface area contributed by atoms with Gasteiger partial charge in [0, 0.05) is 56.1 Å². The third-order valence-electron chi connectivity index (χ3n) is 4.78. The summed E-state index contributed by atoms with van der Waals surface area (Å²) < 4.78 is 19.0. The molecule has 2 aromatic rings. The second-order valence-electron chi connectivity index (χ2n) is 6.85. The van der Waals surface area contributed by atoms with Gasteiger partial charge in [0.1, 0.15) is 0 Å². The topological polar surface area (TPSA) is 95.9 Å². The Labute approximate surface area is 158 Å². The van der Waals surface area contributed by atoms with Gasteiger partial charge in [-0.15, -0.1) is 0 Å². The van der Waals surface area contributed by atoms with Crippen LogP contribution in [0.15, 0.2) is 35.6 Å². The highest BCUT2D eigenvalue weighted by Crippen LogP contribution is 2.35. The van der Waals surface area contributed by atoms with E-state index in [0.29, 0.717) is 31.6 Å². The number of fused-ring (bicyclic) bond motifs is 1. The molecule has 1 fully saturated rings. The number of benzene rings is 1. The van der Waals surface area contributed by atoms with Crippen LogP contribution in [0.2, 0.25) is 0 Å². The minimum absolute atomic E-state index is 0.0216. The van der Waals surface area contributed by atoms with Crippen LogP contribution < -0.4 is 20.5 Å². The van der Waals surface area contributed by atoms with E-state index in [0.717, 1.165) is 42.2 Å². The Kier molecular flexibility index (Phi) is 5.15. The third kappa shape index (κ3) is 4.16. The molecular weight excluding hydrogens is 346 g/mol. The fourth-order valence-corrected chi connectivity index (χ4v) is 3.42. The summed E-state index contributed by atoms with van der Waals surface area (Å²) in [6.07, 6.45) is 5.70. The zero-order valence-corrected chi connectivity index (χ0v) is 15.4. The van der Waals surface area contributed by atoms with E-state index in [9.17, 15) is 0 Å². The van der Waals surface area contributed by atoms with Crippen LogP contribution in [0.4, 0.5) is 5.69 Å². The van der Waals surface area contributed by atoms with E-state index in [1.807, 2.05) is 37.6 Å². The number of rotatable bonds is 4. The van der Waals surface area contributed by atoms with Crippen molar-refractivity contribution < 1.29 is 14.2 Å². The number of hydrogen-bond acceptors (Lipinski definition) is 5. The molecule has 0 saturated carbocycles. The molecule has 8 nitrogen and oxygen atoms in total. The molecule has 2 atom stereocenters. The van der Waals surface area contributed by atoms with Crippen LogP contribution in [-0.2, 0) is 11.8 Å². The number of aryl methyl sites for hydroxylation is 1. The molecule has 1 aromatic heterocycles. The SMILES string of the molecule is Cn1cc([C@@H]2OCC[C@H]2CN=C(N)Nc2ccc3c(c2)OCCCO3)cn1. The summed E-state index contributed by atoms with van der Waals surface area (Å²) in [5, 5.41) is 7.36. The minimum atomic E-state index is 0.0216. The van der Waals surface area contributed by atoms with E-state index in [1.54, 1.807) is 4.68 Å². The highest BCUT2D eigenvalue weighted by molar-refractivity contribution is 5.92. The molecule has 0 unspecified atom stereocenters. The summed E-state index contributed by atoms with van der Waals surface area (Å²) >= 11 is 0. The van der Waals surface area contributed by atoms with Crippen LogP contribution in [0.1, 0.15) is 24.5 Å². The van der Waals surface area contributed by atoms with E-state index in [1.165, 1.54) is 0 Å². The summed E-state index contributed by atoms with van der Waals surface area (Å²) in [6, 6.07) is 5.69. The smallest absolute Gasteiger partial charge is 0.193 e. The minimum Gasteiger partial charge on any atom is -0.490 e. The average molecular weight is 371 g/mol. The Morgan fingerprint density at radius 1 is 1.30 bits per heavy atom. The number of nitrogens with two attached hydrogens (primary N) is 1. The van der Waals surface area contributed by atoms with Gasteiger partial charge in [-0.25, -0.2) is 0 Å². The lowest BCUT2D eigenvalue weighted by Crippen LogP contribution is -2.24. The van der Waals surface area contributed by atoms with Crippen molar-refractivity contribution in [3.63, 3.8) is 0 Å². The van der Waals surface area contributed by atoms with Gasteiger partial charge in [0.05, 0.1) is 25.5 Å². The van der Waals surface area contributed by atoms with Gasteiger partial charge < -0.3 is 25.3 Å². The molecule has 1 saturated heterocycles. The Bertz CT molecular complexity index is 819. The predicted molar refractivity (Wildman–Crippen MR) is 102 cm³/mol. The first-order chi connectivity index (χ1) is 13.2. The molecule has 3 N–H and O–H groups in total. The van der Waals surface area contributed by atoms with Gasteiger partial charge in [-0.3, -0.25) is 9.67 Å². The average Bonchev–Trinajstić information content (AvgIpc) is 3.23. The van der Waals surface area contributed by atoms with Crippen molar-refractivity contribution >= 4 is 11.6 Å². The molecule has 2 aliphatic heterocycles. The fourth-order valence-electron chi connectivity index (χ4n) is 3.42. The maximum absolute atomic E-state index is 6.09. The summed E-state index contributed by atoms with van der Waals surface area (Å²) in [5.74, 6) is 2.15. The second kappa shape index (κ2) is 7.87. The first-order valence-corrected chi connectivity index (χ1v) is 9.26. The number of hydrogen-bond donors (Lipinski definition) is 2. The van der Waals surface area contributed by atoms with E-state index < -0.39 is 0 Å². The van der Waals surface area contributed by atoms with E-state index in [4.69, 9.17) is 19.9 Å². The third-order valence-corrected chi connectivity index (χ3v) is 4.78. The van der Waals surface area contributed by atoms with Crippen molar-refractivity contribution in [3.05, 3.63) is 36.2 Å². The van der Waals surface area contributed by atoms with Crippen molar-refractivity contribution in [2.24, 2.45) is 23.7 Å². The quantitative estimate of drug-likeness (QED) is 0.631. The summed E-state index contributed by atoms with van der Waals surface area (Å²) in [6.45, 7) is 2.65. The molecule has 27 heavy (non-hydrogen) atoms. The van der Waals surface area contributed by atoms with Crippen LogP contribution in [0.3, 0.4) is 0 Å². The van der Waals surface area contributed by atoms with Crippen LogP contribution in [0.5, 0.6) is 11.5 Å². The van der Waals surface area contributed by atoms with Crippen molar-refractivity contribution in [2.75, 3.05) is 31.7 Å². The van der Waals surface area contributed by atoms with Crippen LogP contribution in [0, 0.1) is 5.92 Å². The lowest BCUT2D eigenvalue weighted by molar-refractivity contribution is 0.0925. The Morgan fingerprint density at radius 2 is 2.15 bits per heavy atom. The van der Waals surface area contributed by atoms with Crippen molar-refractivity contribution in [1.29, 1.82) is 0 Å². The Balaban J connectivity index is 1.39. The number of guanidine groups is 1. The summed E-state index contributed by atoms with van der Waals surface area (Å²) in [4.78, 5) is 4.52. The van der Waals surface area contributed by atoms with Crippen LogP contribution in [-0.4, -0.2) is 42.1 Å². The fraction of sp³-hybridized carbons (Fsp3) is 0.474. The van der Waals surface area contributed by atoms with Crippen molar-refractivity contribution in [1.82, 2.24) is 9.78 Å². The molecule has 1 aromatic carbocycles. The van der Waals surface area contributed by atoms with Gasteiger partial charge in [-0.05, 0) is 18.6 Å². The summed E-state index contributed by atoms with van der Waals surface area (Å²) in [7, 11) is 1.91. The number of nitrogens with one attached hydrogen (secondary N) is 1. The molecule has 144 valence electrons. The first-order valence-electron chi connectivity index (χ1n) is 9.26. The molecule has 0 amide bonds. The molecule has 0 radical (unpaired) electrons. The molecule has 2 aliphatic rings. The van der Waals surface area contributed by atoms with E-state index in [2.05, 4.69) is 15.4 Å². The first kappa shape index (κ1) is 17.7. The number of ether oxygens (including phenoxy) is 3. The Morgan fingerprint density at radius 3 is 2.96 bits per heavy atom. The number of aliphatic imine (C=N–C) groups is 1. The monoisotopic (exact) mass is 371 g/mol. The Hall–Kier alpha value is -2.74. The standard InChI is InChI=1S/C19H25N5O3/c1-24-12-14(11-22-24)18-13(5-8-27-18)10-21-19(20)23-15-3-4-16-17(9-15)26-7-2-6-25-16/h3-4,9,11-13,18H,2,5-8,10H2,1H3,(H3,20,21,23)/t13-,18+/m0/s1. The highest BCUT2D eigenvalue weighted by Gasteiger charge is 2.30. The molecule has 3 heterocycles. The molecule has 0 spiro atoms. The van der Waals surface area contributed by atoms with Gasteiger partial charge >= 0.3 is 0 Å². The van der Waals surface area contributed by atoms with Crippen LogP contribution >= 0.6 is 0 Å². The molecule has 4 rings (SSSR count). The number of anilines is 1. The maximum Gasteiger partial charge on any atom is 0.193 e. The van der Waals surface area contributed by atoms with E-state index >= 15 is 0 Å². The number of aromatic nitrogens is 2. The lowest BCUT2D eigenvalue weighted by Gasteiger charge is -2.16. The second-order valence-corrected chi connectivity index (χ2v) is 6.85. The van der Waals surface area contributed by atoms with Gasteiger partial charge in [0.15, 0.2) is 17.5 Å². The van der Waals surface area contributed by atoms with Crippen LogP contribution in [0.25, 0.3) is 0 Å². The normalized spacial score (nSPS) is 22.5. The molecule has 0 aliphatic carbocycles. The van der Waals surface area contributed by atoms with Gasteiger partial charge in [-0.1, -0.05) is 0 Å². The van der Waals surface area contributed by atoms with Gasteiger partial charge in [0.25, 0.3) is 0 Å². The molecular formula is C19H25N5O3. The van der Waals surface area contributed by atoms with E-state index in [-0.39, 0.29) is 6.10 Å². The summed E-state index contributed by atoms with van der Waals surface area (Å²) in [5.41, 5.74) is 8.00. The predicted octanol–water partition coefficient (Wildman–Crippen LogP) is 2.09. The largest absolute Gasteiger partial charge is 0.490 e. The van der Waals surface area contributed by atoms with Crippen molar-refractivity contribution in [3.8, 4) is 11.5 Å². The van der Waals surface area contributed by atoms with Gasteiger partial charge in [0.2, 0.25) is 0 Å². The molecule has 0 bridgehead atoms. The maximum atomic E-state index is 6.09. The molecule has 8 heteroatoms. The van der Waals surface area contributed by atoms with Crippen molar-refractivity contribution in [2.45, 2.75) is 18.9 Å². The number of nitrogens with zero attached hydrogens (tertiary/aromatic N) is 3. The lowest BCUT2D eigenvalue weighted by atomic mass is 9.98.